The number of rotatable bonds is 4. The van der Waals surface area contributed by atoms with Crippen molar-refractivity contribution in [2.24, 2.45) is 11.8 Å². The molecule has 74 valence electrons. The van der Waals surface area contributed by atoms with Crippen LogP contribution >= 0.6 is 0 Å². The lowest BCUT2D eigenvalue weighted by molar-refractivity contribution is 0.0780. The second-order valence-electron chi connectivity index (χ2n) is 4.70. The molecule has 0 spiro atoms. The molecule has 0 saturated carbocycles. The highest BCUT2D eigenvalue weighted by Crippen LogP contribution is 2.28. The predicted octanol–water partition coefficient (Wildman–Crippen LogP) is 3.01. The van der Waals surface area contributed by atoms with Crippen LogP contribution in [0.1, 0.15) is 41.5 Å². The Morgan fingerprint density at radius 1 is 1.17 bits per heavy atom. The van der Waals surface area contributed by atoms with E-state index in [1.807, 2.05) is 0 Å². The van der Waals surface area contributed by atoms with E-state index in [-0.39, 0.29) is 0 Å². The lowest BCUT2D eigenvalue weighted by Crippen LogP contribution is -2.47. The van der Waals surface area contributed by atoms with Gasteiger partial charge in [0.05, 0.1) is 0 Å². The molecule has 0 aromatic carbocycles. The van der Waals surface area contributed by atoms with Gasteiger partial charge in [-0.2, -0.15) is 0 Å². The van der Waals surface area contributed by atoms with Crippen molar-refractivity contribution in [3.05, 3.63) is 0 Å². The van der Waals surface area contributed by atoms with Gasteiger partial charge in [0.1, 0.15) is 0 Å². The van der Waals surface area contributed by atoms with Crippen LogP contribution in [0.2, 0.25) is 0 Å². The van der Waals surface area contributed by atoms with E-state index in [0.717, 1.165) is 18.4 Å². The van der Waals surface area contributed by atoms with Crippen molar-refractivity contribution in [3.63, 3.8) is 0 Å². The fraction of sp³-hybridized carbons (Fsp3) is 1.00. The topological polar surface area (TPSA) is 3.24 Å². The lowest BCUT2D eigenvalue weighted by Gasteiger charge is -2.42. The molecule has 0 aliphatic rings. The quantitative estimate of drug-likeness (QED) is 0.628. The summed E-state index contributed by atoms with van der Waals surface area (Å²) in [6, 6.07) is 0. The van der Waals surface area contributed by atoms with Crippen molar-refractivity contribution in [1.29, 1.82) is 0 Å². The van der Waals surface area contributed by atoms with Gasteiger partial charge in [-0.25, -0.2) is 0 Å². The largest absolute Gasteiger partial charge is 0.301 e. The molecule has 0 aliphatic carbocycles. The van der Waals surface area contributed by atoms with Gasteiger partial charge in [0.15, 0.2) is 0 Å². The highest BCUT2D eigenvalue weighted by Gasteiger charge is 2.30. The first kappa shape index (κ1) is 12.0. The van der Waals surface area contributed by atoms with Crippen molar-refractivity contribution in [2.75, 3.05) is 13.6 Å². The van der Waals surface area contributed by atoms with Gasteiger partial charge in [-0.1, -0.05) is 27.7 Å². The van der Waals surface area contributed by atoms with E-state index < -0.39 is 0 Å². The molecule has 12 heavy (non-hydrogen) atoms. The Balaban J connectivity index is 4.37. The van der Waals surface area contributed by atoms with Crippen LogP contribution < -0.4 is 0 Å². The van der Waals surface area contributed by atoms with Gasteiger partial charge in [-0.05, 0) is 39.3 Å². The number of hydrogen-bond acceptors (Lipinski definition) is 1. The summed E-state index contributed by atoms with van der Waals surface area (Å²) in [6.07, 6.45) is 0. The normalized spacial score (nSPS) is 15.8. The summed E-state index contributed by atoms with van der Waals surface area (Å²) in [7, 11) is 2.21. The first-order valence-electron chi connectivity index (χ1n) is 5.05. The molecule has 1 atom stereocenters. The van der Waals surface area contributed by atoms with Crippen LogP contribution in [-0.2, 0) is 0 Å². The number of nitrogens with zero attached hydrogens (tertiary/aromatic N) is 1. The third-order valence-corrected chi connectivity index (χ3v) is 3.57. The van der Waals surface area contributed by atoms with Gasteiger partial charge in [-0.15, -0.1) is 0 Å². The molecule has 0 saturated heterocycles. The Kier molecular flexibility index (Phi) is 4.25. The smallest absolute Gasteiger partial charge is 0.0178 e. The second-order valence-corrected chi connectivity index (χ2v) is 4.70. The zero-order valence-corrected chi connectivity index (χ0v) is 9.81. The van der Waals surface area contributed by atoms with Gasteiger partial charge in [0, 0.05) is 5.54 Å². The summed E-state index contributed by atoms with van der Waals surface area (Å²) in [5, 5.41) is 0. The average Bonchev–Trinajstić information content (AvgIpc) is 2.01. The fourth-order valence-electron chi connectivity index (χ4n) is 1.57. The van der Waals surface area contributed by atoms with Crippen molar-refractivity contribution in [2.45, 2.75) is 47.1 Å². The molecule has 0 radical (unpaired) electrons. The minimum Gasteiger partial charge on any atom is -0.301 e. The maximum atomic E-state index is 2.43. The minimum absolute atomic E-state index is 0.322. The zero-order chi connectivity index (χ0) is 9.94. The van der Waals surface area contributed by atoms with Crippen molar-refractivity contribution >= 4 is 0 Å². The van der Waals surface area contributed by atoms with E-state index >= 15 is 0 Å². The van der Waals surface area contributed by atoms with Gasteiger partial charge in [0.25, 0.3) is 0 Å². The van der Waals surface area contributed by atoms with Crippen LogP contribution in [0, 0.1) is 11.8 Å². The minimum atomic E-state index is 0.322. The summed E-state index contributed by atoms with van der Waals surface area (Å²) in [4.78, 5) is 2.43. The zero-order valence-electron chi connectivity index (χ0n) is 9.81. The van der Waals surface area contributed by atoms with Crippen molar-refractivity contribution < 1.29 is 0 Å². The van der Waals surface area contributed by atoms with E-state index in [1.165, 1.54) is 0 Å². The third kappa shape index (κ3) is 2.48. The summed E-state index contributed by atoms with van der Waals surface area (Å²) < 4.78 is 0. The molecule has 0 aromatic rings. The molecular weight excluding hydrogens is 146 g/mol. The van der Waals surface area contributed by atoms with Crippen LogP contribution in [0.15, 0.2) is 0 Å². The summed E-state index contributed by atoms with van der Waals surface area (Å²) in [5.41, 5.74) is 0.322. The molecule has 0 rings (SSSR count). The highest BCUT2D eigenvalue weighted by molar-refractivity contribution is 4.85. The molecule has 0 N–H and O–H groups in total. The molecule has 0 amide bonds. The monoisotopic (exact) mass is 171 g/mol. The predicted molar refractivity (Wildman–Crippen MR) is 56.4 cm³/mol. The van der Waals surface area contributed by atoms with E-state index in [9.17, 15) is 0 Å². The molecule has 0 fully saturated rings. The van der Waals surface area contributed by atoms with Crippen LogP contribution in [0.4, 0.5) is 0 Å². The Bertz CT molecular complexity index is 127. The van der Waals surface area contributed by atoms with Gasteiger partial charge < -0.3 is 4.90 Å². The molecular formula is C11H25N. The van der Waals surface area contributed by atoms with Crippen LogP contribution in [-0.4, -0.2) is 24.0 Å². The maximum absolute atomic E-state index is 2.43. The molecule has 0 aliphatic heterocycles. The van der Waals surface area contributed by atoms with Crippen LogP contribution in [0.25, 0.3) is 0 Å². The lowest BCUT2D eigenvalue weighted by atomic mass is 9.80. The Hall–Kier alpha value is -0.0400. The first-order chi connectivity index (χ1) is 5.34. The van der Waals surface area contributed by atoms with Gasteiger partial charge >= 0.3 is 0 Å². The van der Waals surface area contributed by atoms with E-state index in [2.05, 4.69) is 53.5 Å². The van der Waals surface area contributed by atoms with Crippen LogP contribution in [0.5, 0.6) is 0 Å². The Labute approximate surface area is 78.1 Å². The Morgan fingerprint density at radius 3 is 1.83 bits per heavy atom. The summed E-state index contributed by atoms with van der Waals surface area (Å²) in [5.74, 6) is 1.50. The summed E-state index contributed by atoms with van der Waals surface area (Å²) >= 11 is 0. The van der Waals surface area contributed by atoms with E-state index in [1.54, 1.807) is 0 Å². The molecule has 1 unspecified atom stereocenters. The first-order valence-corrected chi connectivity index (χ1v) is 5.05. The van der Waals surface area contributed by atoms with Crippen LogP contribution in [0.3, 0.4) is 0 Å². The summed E-state index contributed by atoms with van der Waals surface area (Å²) in [6.45, 7) is 15.0. The van der Waals surface area contributed by atoms with Crippen molar-refractivity contribution in [3.8, 4) is 0 Å². The molecule has 0 aromatic heterocycles. The van der Waals surface area contributed by atoms with E-state index in [0.29, 0.717) is 5.54 Å². The van der Waals surface area contributed by atoms with Gasteiger partial charge in [-0.3, -0.25) is 0 Å². The fourth-order valence-corrected chi connectivity index (χ4v) is 1.57. The molecule has 1 heteroatoms. The SMILES string of the molecule is CCN(C)C(C)(C)C(C)C(C)C. The maximum Gasteiger partial charge on any atom is 0.0178 e. The second kappa shape index (κ2) is 4.27. The standard InChI is InChI=1S/C11H25N/c1-8-12(7)11(5,6)10(4)9(2)3/h9-10H,8H2,1-7H3. The third-order valence-electron chi connectivity index (χ3n) is 3.57. The van der Waals surface area contributed by atoms with E-state index in [4.69, 9.17) is 0 Å². The molecule has 0 heterocycles. The molecule has 0 bridgehead atoms. The molecule has 1 nitrogen and oxygen atoms in total. The van der Waals surface area contributed by atoms with Crippen molar-refractivity contribution in [1.82, 2.24) is 4.90 Å². The van der Waals surface area contributed by atoms with Gasteiger partial charge in [0.2, 0.25) is 0 Å². The Morgan fingerprint density at radius 2 is 1.58 bits per heavy atom. The average molecular weight is 171 g/mol. The highest BCUT2D eigenvalue weighted by atomic mass is 15.2. The number of hydrogen-bond donors (Lipinski definition) is 0.